The van der Waals surface area contributed by atoms with Crippen LogP contribution in [0.25, 0.3) is 0 Å². The van der Waals surface area contributed by atoms with Crippen molar-refractivity contribution in [3.8, 4) is 0 Å². The summed E-state index contributed by atoms with van der Waals surface area (Å²) in [4.78, 5) is 4.71. The Morgan fingerprint density at radius 1 is 1.11 bits per heavy atom. The van der Waals surface area contributed by atoms with Crippen molar-refractivity contribution in [2.24, 2.45) is 5.73 Å². The lowest BCUT2D eigenvalue weighted by Crippen LogP contribution is -2.73. The zero-order valence-electron chi connectivity index (χ0n) is 21.9. The van der Waals surface area contributed by atoms with Crippen molar-refractivity contribution >= 4 is 11.4 Å². The van der Waals surface area contributed by atoms with Gasteiger partial charge in [0.05, 0.1) is 22.5 Å². The molecule has 4 N–H and O–H groups in total. The van der Waals surface area contributed by atoms with E-state index < -0.39 is 23.0 Å². The first-order valence-corrected chi connectivity index (χ1v) is 13.3. The van der Waals surface area contributed by atoms with Gasteiger partial charge in [0.2, 0.25) is 0 Å². The summed E-state index contributed by atoms with van der Waals surface area (Å²) in [7, 11) is 2.19. The number of nitrogens with two attached hydrogens (primary N) is 1. The number of ether oxygens (including phenoxy) is 2. The van der Waals surface area contributed by atoms with Crippen molar-refractivity contribution < 1.29 is 14.6 Å². The number of rotatable bonds is 3. The van der Waals surface area contributed by atoms with Crippen LogP contribution in [0.2, 0.25) is 0 Å². The first-order chi connectivity index (χ1) is 17.1. The average Bonchev–Trinajstić information content (AvgIpc) is 3.10. The molecule has 0 aliphatic carbocycles. The minimum absolute atomic E-state index is 0.0239. The van der Waals surface area contributed by atoms with Crippen LogP contribution in [0.3, 0.4) is 0 Å². The van der Waals surface area contributed by atoms with Crippen LogP contribution in [-0.4, -0.2) is 60.0 Å². The fourth-order valence-corrected chi connectivity index (χ4v) is 8.96. The van der Waals surface area contributed by atoms with Crippen molar-refractivity contribution in [1.29, 1.82) is 0 Å². The largest absolute Gasteiger partial charge is 0.377 e. The molecule has 7 heteroatoms. The number of nitrogens with one attached hydrogen (secondary N) is 1. The van der Waals surface area contributed by atoms with E-state index in [1.165, 1.54) is 22.4 Å². The highest BCUT2D eigenvalue weighted by Crippen LogP contribution is 2.69. The van der Waals surface area contributed by atoms with Crippen LogP contribution >= 0.6 is 0 Å². The minimum atomic E-state index is -0.722. The molecule has 2 fully saturated rings. The van der Waals surface area contributed by atoms with Crippen LogP contribution in [0.5, 0.6) is 0 Å². The maximum absolute atomic E-state index is 12.7. The van der Waals surface area contributed by atoms with E-state index in [1.54, 1.807) is 0 Å². The number of aliphatic hydroxyl groups excluding tert-OH is 1. The molecular weight excluding hydrogens is 452 g/mol. The van der Waals surface area contributed by atoms with Gasteiger partial charge in [-0.1, -0.05) is 30.3 Å². The first kappa shape index (κ1) is 23.0. The number of para-hydroxylation sites is 1. The SMILES string of the molecule is CN1c2cccc3c2[C@@]24CCN([C@@H](O)[C@]2(CCN)c2ccccc2N[C@H]14)[C@@H]3[C@@H]1OC(C)(C)OC1(C)C. The van der Waals surface area contributed by atoms with Crippen LogP contribution in [0.1, 0.15) is 63.3 Å². The third-order valence-electron chi connectivity index (χ3n) is 9.88. The highest BCUT2D eigenvalue weighted by atomic mass is 16.8. The predicted molar refractivity (Wildman–Crippen MR) is 140 cm³/mol. The molecule has 2 bridgehead atoms. The van der Waals surface area contributed by atoms with Crippen LogP contribution in [0.4, 0.5) is 11.4 Å². The van der Waals surface area contributed by atoms with Crippen LogP contribution in [0, 0.1) is 0 Å². The Balaban J connectivity index is 1.57. The van der Waals surface area contributed by atoms with Gasteiger partial charge in [-0.15, -0.1) is 0 Å². The third-order valence-corrected chi connectivity index (χ3v) is 9.88. The number of benzene rings is 2. The van der Waals surface area contributed by atoms with Gasteiger partial charge in [0.1, 0.15) is 18.5 Å². The fourth-order valence-electron chi connectivity index (χ4n) is 8.96. The van der Waals surface area contributed by atoms with Crippen LogP contribution in [0.15, 0.2) is 42.5 Å². The van der Waals surface area contributed by atoms with Gasteiger partial charge < -0.3 is 30.5 Å². The zero-order chi connectivity index (χ0) is 25.3. The minimum Gasteiger partial charge on any atom is -0.377 e. The topological polar surface area (TPSA) is 83.2 Å². The molecule has 6 heterocycles. The molecule has 0 aromatic heterocycles. The molecule has 0 radical (unpaired) electrons. The standard InChI is InChI=1S/C29H38N4O3/c1-26(2)23(35-27(3,4)36-26)22-17-9-8-12-20-21(17)29-14-16-33(22)25(34)28(29,13-15-30)18-10-6-7-11-19(18)31-24(29)32(20)5/h6-12,22-25,31,34H,13-16,30H2,1-5H3/t22-,23-,24+,25-,28-,29+/m0/s1. The second-order valence-corrected chi connectivity index (χ2v) is 12.4. The smallest absolute Gasteiger partial charge is 0.164 e. The molecule has 7 nitrogen and oxygen atoms in total. The normalized spacial score (nSPS) is 40.4. The average molecular weight is 491 g/mol. The van der Waals surface area contributed by atoms with Crippen molar-refractivity contribution in [1.82, 2.24) is 4.90 Å². The molecule has 7 atom stereocenters. The summed E-state index contributed by atoms with van der Waals surface area (Å²) in [5.41, 5.74) is 11.1. The highest BCUT2D eigenvalue weighted by Gasteiger charge is 2.73. The van der Waals surface area contributed by atoms with Crippen molar-refractivity contribution in [2.75, 3.05) is 30.4 Å². The monoisotopic (exact) mass is 490 g/mol. The molecule has 2 saturated heterocycles. The summed E-state index contributed by atoms with van der Waals surface area (Å²) in [6.07, 6.45) is 0.686. The first-order valence-electron chi connectivity index (χ1n) is 13.3. The van der Waals surface area contributed by atoms with E-state index in [2.05, 4.69) is 78.5 Å². The van der Waals surface area contributed by atoms with Gasteiger partial charge >= 0.3 is 0 Å². The van der Waals surface area contributed by atoms with Gasteiger partial charge in [-0.2, -0.15) is 0 Å². The van der Waals surface area contributed by atoms with Gasteiger partial charge in [-0.3, -0.25) is 4.90 Å². The Morgan fingerprint density at radius 3 is 2.61 bits per heavy atom. The maximum Gasteiger partial charge on any atom is 0.164 e. The summed E-state index contributed by atoms with van der Waals surface area (Å²) in [5, 5.41) is 16.6. The maximum atomic E-state index is 12.7. The number of hydrogen-bond donors (Lipinski definition) is 3. The molecule has 0 saturated carbocycles. The lowest BCUT2D eigenvalue weighted by atomic mass is 9.49. The van der Waals surface area contributed by atoms with Crippen molar-refractivity contribution in [3.63, 3.8) is 0 Å². The molecule has 36 heavy (non-hydrogen) atoms. The van der Waals surface area contributed by atoms with E-state index in [9.17, 15) is 5.11 Å². The number of hydrogen-bond acceptors (Lipinski definition) is 7. The van der Waals surface area contributed by atoms with Gasteiger partial charge in [0.25, 0.3) is 0 Å². The Morgan fingerprint density at radius 2 is 1.89 bits per heavy atom. The summed E-state index contributed by atoms with van der Waals surface area (Å²) in [5.74, 6) is -0.698. The Hall–Kier alpha value is -2.16. The van der Waals surface area contributed by atoms with E-state index in [-0.39, 0.29) is 23.7 Å². The van der Waals surface area contributed by atoms with Gasteiger partial charge in [0.15, 0.2) is 5.79 Å². The molecule has 8 rings (SSSR count). The predicted octanol–water partition coefficient (Wildman–Crippen LogP) is 3.42. The van der Waals surface area contributed by atoms with Crippen molar-refractivity contribution in [3.05, 3.63) is 59.2 Å². The highest BCUT2D eigenvalue weighted by molar-refractivity contribution is 5.77. The lowest BCUT2D eigenvalue weighted by Gasteiger charge is -2.62. The molecule has 1 unspecified atom stereocenters. The van der Waals surface area contributed by atoms with E-state index in [4.69, 9.17) is 15.2 Å². The Labute approximate surface area is 213 Å². The van der Waals surface area contributed by atoms with Gasteiger partial charge in [-0.25, -0.2) is 0 Å². The van der Waals surface area contributed by atoms with E-state index >= 15 is 0 Å². The molecule has 2 aromatic carbocycles. The Bertz CT molecular complexity index is 1250. The molecule has 6 aliphatic heterocycles. The number of likely N-dealkylation sites (N-methyl/N-ethyl adjacent to an activating group) is 1. The molecular formula is C29H38N4O3. The number of nitrogens with zero attached hydrogens (tertiary/aromatic N) is 2. The lowest BCUT2D eigenvalue weighted by molar-refractivity contribution is -0.176. The van der Waals surface area contributed by atoms with Crippen molar-refractivity contribution in [2.45, 2.75) is 87.3 Å². The number of aliphatic hydroxyl groups is 1. The summed E-state index contributed by atoms with van der Waals surface area (Å²) in [6.45, 7) is 9.49. The fraction of sp³-hybridized carbons (Fsp3) is 0.586. The van der Waals surface area contributed by atoms with Crippen LogP contribution < -0.4 is 16.0 Å². The summed E-state index contributed by atoms with van der Waals surface area (Å²) < 4.78 is 13.1. The molecule has 0 amide bonds. The number of fused-ring (bicyclic) bond motifs is 2. The Kier molecular flexibility index (Phi) is 4.49. The van der Waals surface area contributed by atoms with E-state index in [0.29, 0.717) is 13.0 Å². The number of piperidine rings is 1. The number of anilines is 2. The molecule has 2 aromatic rings. The molecule has 1 spiro atoms. The quantitative estimate of drug-likeness (QED) is 0.608. The second kappa shape index (κ2) is 7.03. The third kappa shape index (κ3) is 2.46. The van der Waals surface area contributed by atoms with E-state index in [0.717, 1.165) is 18.7 Å². The van der Waals surface area contributed by atoms with Gasteiger partial charge in [-0.05, 0) is 75.9 Å². The zero-order valence-corrected chi connectivity index (χ0v) is 21.9. The van der Waals surface area contributed by atoms with E-state index in [1.807, 2.05) is 13.8 Å². The molecule has 6 aliphatic rings. The summed E-state index contributed by atoms with van der Waals surface area (Å²) >= 11 is 0. The second-order valence-electron chi connectivity index (χ2n) is 12.4. The molecule has 192 valence electrons. The van der Waals surface area contributed by atoms with Crippen LogP contribution in [-0.2, 0) is 20.3 Å². The van der Waals surface area contributed by atoms with Gasteiger partial charge in [0, 0.05) is 25.0 Å². The summed E-state index contributed by atoms with van der Waals surface area (Å²) in [6, 6.07) is 15.0.